The Bertz CT molecular complexity index is 394. The maximum atomic E-state index is 13.6. The van der Waals surface area contributed by atoms with Gasteiger partial charge in [-0.1, -0.05) is 19.9 Å². The first-order valence-electron chi connectivity index (χ1n) is 4.99. The van der Waals surface area contributed by atoms with Gasteiger partial charge < -0.3 is 5.41 Å². The molecule has 2 heteroatoms. The number of hydrogen-bond donors (Lipinski definition) is 1. The minimum atomic E-state index is -0.214. The van der Waals surface area contributed by atoms with Crippen molar-refractivity contribution in [3.05, 3.63) is 34.6 Å². The smallest absolute Gasteiger partial charge is 0.132 e. The monoisotopic (exact) mass is 191 g/mol. The van der Waals surface area contributed by atoms with Gasteiger partial charge in [-0.05, 0) is 36.0 Å². The zero-order valence-corrected chi connectivity index (χ0v) is 8.52. The largest absolute Gasteiger partial charge is 0.305 e. The van der Waals surface area contributed by atoms with E-state index in [2.05, 4.69) is 13.8 Å². The molecule has 0 spiro atoms. The first kappa shape index (κ1) is 9.38. The molecular formula is C12H14FN. The zero-order valence-electron chi connectivity index (χ0n) is 8.52. The SMILES string of the molecule is CC(C)c1cc(F)c2c(c1)CCC2=N. The fourth-order valence-electron chi connectivity index (χ4n) is 1.94. The van der Waals surface area contributed by atoms with Crippen molar-refractivity contribution in [3.63, 3.8) is 0 Å². The molecule has 74 valence electrons. The average Bonchev–Trinajstić information content (AvgIpc) is 2.48. The first-order chi connectivity index (χ1) is 6.59. The van der Waals surface area contributed by atoms with Gasteiger partial charge in [-0.15, -0.1) is 0 Å². The van der Waals surface area contributed by atoms with E-state index in [1.165, 1.54) is 0 Å². The lowest BCUT2D eigenvalue weighted by Gasteiger charge is -2.09. The van der Waals surface area contributed by atoms with E-state index >= 15 is 0 Å². The molecule has 1 nitrogen and oxygen atoms in total. The van der Waals surface area contributed by atoms with E-state index < -0.39 is 0 Å². The highest BCUT2D eigenvalue weighted by Crippen LogP contribution is 2.28. The van der Waals surface area contributed by atoms with Crippen molar-refractivity contribution in [2.24, 2.45) is 0 Å². The quantitative estimate of drug-likeness (QED) is 0.704. The lowest BCUT2D eigenvalue weighted by Crippen LogP contribution is -1.99. The standard InChI is InChI=1S/C12H14FN/c1-7(2)9-5-8-3-4-11(14)12(8)10(13)6-9/h5-7,14H,3-4H2,1-2H3. The summed E-state index contributed by atoms with van der Waals surface area (Å²) in [5.41, 5.74) is 3.05. The molecule has 0 aromatic heterocycles. The Balaban J connectivity index is 2.57. The number of nitrogens with one attached hydrogen (secondary N) is 1. The molecule has 2 rings (SSSR count). The molecule has 1 aromatic rings. The second-order valence-corrected chi connectivity index (χ2v) is 4.17. The maximum absolute atomic E-state index is 13.6. The minimum absolute atomic E-state index is 0.214. The lowest BCUT2D eigenvalue weighted by molar-refractivity contribution is 0.620. The van der Waals surface area contributed by atoms with Gasteiger partial charge in [-0.2, -0.15) is 0 Å². The fourth-order valence-corrected chi connectivity index (χ4v) is 1.94. The molecule has 0 amide bonds. The van der Waals surface area contributed by atoms with Crippen LogP contribution in [0.1, 0.15) is 42.9 Å². The van der Waals surface area contributed by atoms with E-state index in [0.29, 0.717) is 23.6 Å². The molecule has 0 bridgehead atoms. The van der Waals surface area contributed by atoms with E-state index in [9.17, 15) is 4.39 Å². The molecule has 0 atom stereocenters. The van der Waals surface area contributed by atoms with Crippen molar-refractivity contribution in [3.8, 4) is 0 Å². The molecule has 0 saturated heterocycles. The van der Waals surface area contributed by atoms with Crippen LogP contribution in [0, 0.1) is 11.2 Å². The van der Waals surface area contributed by atoms with Gasteiger partial charge >= 0.3 is 0 Å². The second kappa shape index (κ2) is 3.19. The summed E-state index contributed by atoms with van der Waals surface area (Å²) in [5, 5.41) is 7.61. The minimum Gasteiger partial charge on any atom is -0.305 e. The van der Waals surface area contributed by atoms with Gasteiger partial charge in [-0.25, -0.2) is 4.39 Å². The van der Waals surface area contributed by atoms with Crippen molar-refractivity contribution >= 4 is 5.71 Å². The van der Waals surface area contributed by atoms with E-state index in [1.807, 2.05) is 6.07 Å². The normalized spacial score (nSPS) is 15.0. The van der Waals surface area contributed by atoms with Gasteiger partial charge in [0.1, 0.15) is 5.82 Å². The number of benzene rings is 1. The Labute approximate surface area is 83.5 Å². The van der Waals surface area contributed by atoms with Crippen molar-refractivity contribution in [2.45, 2.75) is 32.6 Å². The van der Waals surface area contributed by atoms with Crippen LogP contribution in [0.25, 0.3) is 0 Å². The van der Waals surface area contributed by atoms with Gasteiger partial charge in [-0.3, -0.25) is 0 Å². The molecule has 0 aliphatic heterocycles. The molecule has 0 heterocycles. The van der Waals surface area contributed by atoms with Crippen molar-refractivity contribution < 1.29 is 4.39 Å². The van der Waals surface area contributed by atoms with Crippen LogP contribution in [-0.2, 0) is 6.42 Å². The first-order valence-corrected chi connectivity index (χ1v) is 4.99. The summed E-state index contributed by atoms with van der Waals surface area (Å²) in [6, 6.07) is 3.62. The van der Waals surface area contributed by atoms with Gasteiger partial charge in [0.05, 0.1) is 0 Å². The van der Waals surface area contributed by atoms with Crippen molar-refractivity contribution in [1.82, 2.24) is 0 Å². The summed E-state index contributed by atoms with van der Waals surface area (Å²) in [4.78, 5) is 0. The molecule has 1 aliphatic rings. The summed E-state index contributed by atoms with van der Waals surface area (Å²) < 4.78 is 13.6. The predicted octanol–water partition coefficient (Wildman–Crippen LogP) is 3.26. The summed E-state index contributed by atoms with van der Waals surface area (Å²) in [6.07, 6.45) is 1.51. The third-order valence-electron chi connectivity index (χ3n) is 2.81. The van der Waals surface area contributed by atoms with Gasteiger partial charge in [0.2, 0.25) is 0 Å². The summed E-state index contributed by atoms with van der Waals surface area (Å²) >= 11 is 0. The van der Waals surface area contributed by atoms with E-state index in [-0.39, 0.29) is 5.82 Å². The van der Waals surface area contributed by atoms with Gasteiger partial charge in [0.15, 0.2) is 0 Å². The fraction of sp³-hybridized carbons (Fsp3) is 0.417. The van der Waals surface area contributed by atoms with Crippen LogP contribution in [-0.4, -0.2) is 5.71 Å². The van der Waals surface area contributed by atoms with Crippen LogP contribution in [0.3, 0.4) is 0 Å². The molecular weight excluding hydrogens is 177 g/mol. The Hall–Kier alpha value is -1.18. The molecule has 0 unspecified atom stereocenters. The summed E-state index contributed by atoms with van der Waals surface area (Å²) in [7, 11) is 0. The van der Waals surface area contributed by atoms with Crippen LogP contribution in [0.2, 0.25) is 0 Å². The molecule has 0 radical (unpaired) electrons. The summed E-state index contributed by atoms with van der Waals surface area (Å²) in [6.45, 7) is 4.11. The molecule has 1 N–H and O–H groups in total. The zero-order chi connectivity index (χ0) is 10.3. The van der Waals surface area contributed by atoms with Crippen molar-refractivity contribution in [2.75, 3.05) is 0 Å². The van der Waals surface area contributed by atoms with Crippen molar-refractivity contribution in [1.29, 1.82) is 5.41 Å². The number of halogens is 1. The predicted molar refractivity (Wildman–Crippen MR) is 55.6 cm³/mol. The Morgan fingerprint density at radius 1 is 1.29 bits per heavy atom. The number of rotatable bonds is 1. The molecule has 0 fully saturated rings. The van der Waals surface area contributed by atoms with Crippen LogP contribution >= 0.6 is 0 Å². The highest BCUT2D eigenvalue weighted by Gasteiger charge is 2.21. The Morgan fingerprint density at radius 2 is 2.00 bits per heavy atom. The molecule has 1 aliphatic carbocycles. The van der Waals surface area contributed by atoms with Gasteiger partial charge in [0, 0.05) is 11.3 Å². The van der Waals surface area contributed by atoms with Gasteiger partial charge in [0.25, 0.3) is 0 Å². The van der Waals surface area contributed by atoms with Crippen LogP contribution in [0.15, 0.2) is 12.1 Å². The Kier molecular flexibility index (Phi) is 2.14. The van der Waals surface area contributed by atoms with E-state index in [4.69, 9.17) is 5.41 Å². The lowest BCUT2D eigenvalue weighted by atomic mass is 9.98. The molecule has 1 aromatic carbocycles. The molecule has 0 saturated carbocycles. The van der Waals surface area contributed by atoms with Crippen LogP contribution < -0.4 is 0 Å². The second-order valence-electron chi connectivity index (χ2n) is 4.17. The van der Waals surface area contributed by atoms with E-state index in [0.717, 1.165) is 17.5 Å². The number of aryl methyl sites for hydroxylation is 1. The van der Waals surface area contributed by atoms with Crippen LogP contribution in [0.4, 0.5) is 4.39 Å². The average molecular weight is 191 g/mol. The highest BCUT2D eigenvalue weighted by molar-refractivity contribution is 6.02. The number of fused-ring (bicyclic) bond motifs is 1. The third kappa shape index (κ3) is 1.35. The third-order valence-corrected chi connectivity index (χ3v) is 2.81. The Morgan fingerprint density at radius 3 is 2.64 bits per heavy atom. The number of hydrogen-bond acceptors (Lipinski definition) is 1. The highest BCUT2D eigenvalue weighted by atomic mass is 19.1. The summed E-state index contributed by atoms with van der Waals surface area (Å²) in [5.74, 6) is 0.137. The molecule has 14 heavy (non-hydrogen) atoms. The maximum Gasteiger partial charge on any atom is 0.132 e. The van der Waals surface area contributed by atoms with E-state index in [1.54, 1.807) is 6.07 Å². The topological polar surface area (TPSA) is 23.9 Å². The van der Waals surface area contributed by atoms with Crippen LogP contribution in [0.5, 0.6) is 0 Å².